The lowest BCUT2D eigenvalue weighted by Gasteiger charge is -2.30. The highest BCUT2D eigenvalue weighted by molar-refractivity contribution is 5.16. The topological polar surface area (TPSA) is 61.7 Å². The zero-order valence-electron chi connectivity index (χ0n) is 13.4. The molecular weight excluding hydrogens is 266 g/mol. The van der Waals surface area contributed by atoms with Gasteiger partial charge in [-0.2, -0.15) is 0 Å². The molecule has 3 N–H and O–H groups in total. The van der Waals surface area contributed by atoms with Gasteiger partial charge in [0.1, 0.15) is 0 Å². The molecule has 3 atom stereocenters. The van der Waals surface area contributed by atoms with Crippen molar-refractivity contribution in [2.24, 2.45) is 0 Å². The summed E-state index contributed by atoms with van der Waals surface area (Å²) in [5.41, 5.74) is 0.970. The third kappa shape index (κ3) is 6.57. The fourth-order valence-electron chi connectivity index (χ4n) is 2.14. The molecule has 1 rings (SSSR count). The fourth-order valence-corrected chi connectivity index (χ4v) is 2.14. The molecule has 0 heterocycles. The summed E-state index contributed by atoms with van der Waals surface area (Å²) < 4.78 is 5.71. The van der Waals surface area contributed by atoms with Crippen LogP contribution < -0.4 is 5.32 Å². The van der Waals surface area contributed by atoms with Crippen molar-refractivity contribution < 1.29 is 14.9 Å². The molecule has 120 valence electrons. The second kappa shape index (κ2) is 9.15. The maximum Gasteiger partial charge on any atom is 0.0898 e. The standard InChI is InChI=1S/C17H29NO3/c1-4-17(3,10-11-19)18-12-16(20)13-21-14(2)15-8-6-5-7-9-15/h5-9,14,16,18-20H,4,10-13H2,1-3H3. The van der Waals surface area contributed by atoms with E-state index in [2.05, 4.69) is 19.2 Å². The molecule has 21 heavy (non-hydrogen) atoms. The van der Waals surface area contributed by atoms with Crippen molar-refractivity contribution in [3.8, 4) is 0 Å². The van der Waals surface area contributed by atoms with Crippen molar-refractivity contribution in [3.05, 3.63) is 35.9 Å². The Hall–Kier alpha value is -0.940. The zero-order chi connectivity index (χ0) is 15.7. The number of ether oxygens (including phenoxy) is 1. The first-order valence-electron chi connectivity index (χ1n) is 7.71. The predicted molar refractivity (Wildman–Crippen MR) is 85.2 cm³/mol. The second-order valence-electron chi connectivity index (χ2n) is 5.81. The van der Waals surface area contributed by atoms with Gasteiger partial charge in [-0.05, 0) is 32.3 Å². The highest BCUT2D eigenvalue weighted by Gasteiger charge is 2.21. The molecule has 4 heteroatoms. The highest BCUT2D eigenvalue weighted by atomic mass is 16.5. The summed E-state index contributed by atoms with van der Waals surface area (Å²) in [7, 11) is 0. The molecular formula is C17H29NO3. The first kappa shape index (κ1) is 18.1. The SMILES string of the molecule is CCC(C)(CCO)NCC(O)COC(C)c1ccccc1. The molecule has 4 nitrogen and oxygen atoms in total. The third-order valence-electron chi connectivity index (χ3n) is 4.02. The Balaban J connectivity index is 2.32. The Labute approximate surface area is 128 Å². The number of rotatable bonds is 10. The van der Waals surface area contributed by atoms with Crippen molar-refractivity contribution in [2.75, 3.05) is 19.8 Å². The fraction of sp³-hybridized carbons (Fsp3) is 0.647. The number of hydrogen-bond acceptors (Lipinski definition) is 4. The van der Waals surface area contributed by atoms with E-state index in [4.69, 9.17) is 9.84 Å². The van der Waals surface area contributed by atoms with Crippen LogP contribution in [0.1, 0.15) is 45.3 Å². The molecule has 0 aliphatic rings. The number of hydrogen-bond donors (Lipinski definition) is 3. The van der Waals surface area contributed by atoms with Crippen molar-refractivity contribution >= 4 is 0 Å². The minimum atomic E-state index is -0.555. The van der Waals surface area contributed by atoms with Gasteiger partial charge in [-0.1, -0.05) is 37.3 Å². The molecule has 0 fully saturated rings. The molecule has 1 aromatic carbocycles. The van der Waals surface area contributed by atoms with E-state index in [-0.39, 0.29) is 18.2 Å². The summed E-state index contributed by atoms with van der Waals surface area (Å²) in [6.45, 7) is 7.02. The summed E-state index contributed by atoms with van der Waals surface area (Å²) in [5.74, 6) is 0. The lowest BCUT2D eigenvalue weighted by Crippen LogP contribution is -2.46. The number of nitrogens with one attached hydrogen (secondary N) is 1. The van der Waals surface area contributed by atoms with Crippen LogP contribution in [0.3, 0.4) is 0 Å². The Morgan fingerprint density at radius 2 is 1.95 bits per heavy atom. The van der Waals surface area contributed by atoms with Gasteiger partial charge < -0.3 is 20.3 Å². The van der Waals surface area contributed by atoms with Gasteiger partial charge in [0.05, 0.1) is 18.8 Å². The van der Waals surface area contributed by atoms with Crippen LogP contribution >= 0.6 is 0 Å². The van der Waals surface area contributed by atoms with Gasteiger partial charge in [0.2, 0.25) is 0 Å². The molecule has 0 saturated heterocycles. The summed E-state index contributed by atoms with van der Waals surface area (Å²) in [4.78, 5) is 0. The number of aliphatic hydroxyl groups excluding tert-OH is 2. The summed E-state index contributed by atoms with van der Waals surface area (Å²) in [6.07, 6.45) is 0.996. The van der Waals surface area contributed by atoms with Crippen molar-refractivity contribution in [3.63, 3.8) is 0 Å². The molecule has 3 unspecified atom stereocenters. The van der Waals surface area contributed by atoms with E-state index >= 15 is 0 Å². The molecule has 0 saturated carbocycles. The number of aliphatic hydroxyl groups is 2. The molecule has 0 amide bonds. The normalized spacial score (nSPS) is 17.2. The third-order valence-corrected chi connectivity index (χ3v) is 4.02. The number of benzene rings is 1. The molecule has 0 aliphatic carbocycles. The molecule has 0 bridgehead atoms. The first-order chi connectivity index (χ1) is 10.0. The van der Waals surface area contributed by atoms with Crippen LogP contribution in [0.25, 0.3) is 0 Å². The van der Waals surface area contributed by atoms with E-state index in [1.807, 2.05) is 37.3 Å². The predicted octanol–water partition coefficient (Wildman–Crippen LogP) is 2.27. The number of β-amino-alcohol motifs (C(OH)–C–C–N with tert-alkyl or cyclic N) is 1. The van der Waals surface area contributed by atoms with Gasteiger partial charge in [-0.15, -0.1) is 0 Å². The van der Waals surface area contributed by atoms with E-state index in [1.165, 1.54) is 0 Å². The Kier molecular flexibility index (Phi) is 7.89. The van der Waals surface area contributed by atoms with Gasteiger partial charge in [0.25, 0.3) is 0 Å². The largest absolute Gasteiger partial charge is 0.396 e. The van der Waals surface area contributed by atoms with Gasteiger partial charge in [-0.3, -0.25) is 0 Å². The van der Waals surface area contributed by atoms with Gasteiger partial charge >= 0.3 is 0 Å². The van der Waals surface area contributed by atoms with Crippen LogP contribution in [-0.2, 0) is 4.74 Å². The monoisotopic (exact) mass is 295 g/mol. The van der Waals surface area contributed by atoms with Crippen molar-refractivity contribution in [2.45, 2.75) is 51.4 Å². The smallest absolute Gasteiger partial charge is 0.0898 e. The van der Waals surface area contributed by atoms with Crippen LogP contribution in [0, 0.1) is 0 Å². The molecule has 0 aromatic heterocycles. The lowest BCUT2D eigenvalue weighted by molar-refractivity contribution is -0.00510. The minimum absolute atomic E-state index is 0.0316. The zero-order valence-corrected chi connectivity index (χ0v) is 13.4. The van der Waals surface area contributed by atoms with Crippen molar-refractivity contribution in [1.29, 1.82) is 0 Å². The molecule has 1 aromatic rings. The van der Waals surface area contributed by atoms with Crippen LogP contribution in [-0.4, -0.2) is 41.6 Å². The van der Waals surface area contributed by atoms with E-state index in [1.54, 1.807) is 0 Å². The van der Waals surface area contributed by atoms with E-state index in [0.29, 0.717) is 19.6 Å². The quantitative estimate of drug-likeness (QED) is 0.619. The summed E-state index contributed by atoms with van der Waals surface area (Å²) in [5, 5.41) is 22.4. The average Bonchev–Trinajstić information content (AvgIpc) is 2.51. The summed E-state index contributed by atoms with van der Waals surface area (Å²) >= 11 is 0. The van der Waals surface area contributed by atoms with Crippen LogP contribution in [0.2, 0.25) is 0 Å². The molecule has 0 radical (unpaired) electrons. The average molecular weight is 295 g/mol. The van der Waals surface area contributed by atoms with Gasteiger partial charge in [0.15, 0.2) is 0 Å². The second-order valence-corrected chi connectivity index (χ2v) is 5.81. The van der Waals surface area contributed by atoms with Crippen LogP contribution in [0.15, 0.2) is 30.3 Å². The lowest BCUT2D eigenvalue weighted by atomic mass is 9.95. The summed E-state index contributed by atoms with van der Waals surface area (Å²) in [6, 6.07) is 9.97. The van der Waals surface area contributed by atoms with E-state index in [9.17, 15) is 5.11 Å². The first-order valence-corrected chi connectivity index (χ1v) is 7.71. The van der Waals surface area contributed by atoms with Crippen molar-refractivity contribution in [1.82, 2.24) is 5.32 Å². The minimum Gasteiger partial charge on any atom is -0.396 e. The highest BCUT2D eigenvalue weighted by Crippen LogP contribution is 2.16. The Morgan fingerprint density at radius 3 is 2.52 bits per heavy atom. The van der Waals surface area contributed by atoms with Gasteiger partial charge in [0, 0.05) is 18.7 Å². The van der Waals surface area contributed by atoms with E-state index < -0.39 is 6.10 Å². The maximum atomic E-state index is 10.0. The Bertz CT molecular complexity index is 385. The van der Waals surface area contributed by atoms with E-state index in [0.717, 1.165) is 12.0 Å². The maximum absolute atomic E-state index is 10.0. The molecule has 0 spiro atoms. The molecule has 0 aliphatic heterocycles. The Morgan fingerprint density at radius 1 is 1.29 bits per heavy atom. The van der Waals surface area contributed by atoms with Gasteiger partial charge in [-0.25, -0.2) is 0 Å². The van der Waals surface area contributed by atoms with Crippen LogP contribution in [0.5, 0.6) is 0 Å². The van der Waals surface area contributed by atoms with Crippen LogP contribution in [0.4, 0.5) is 0 Å².